The molecule has 0 aromatic rings. The van der Waals surface area contributed by atoms with Crippen molar-refractivity contribution in [1.29, 1.82) is 0 Å². The molecule has 0 aromatic heterocycles. The van der Waals surface area contributed by atoms with Crippen LogP contribution in [0.2, 0.25) is 0 Å². The van der Waals surface area contributed by atoms with E-state index in [1.54, 1.807) is 13.8 Å². The number of carbonyl (C=O) groups is 2. The van der Waals surface area contributed by atoms with E-state index in [4.69, 9.17) is 4.74 Å². The molecule has 0 aliphatic carbocycles. The van der Waals surface area contributed by atoms with Crippen LogP contribution in [0.5, 0.6) is 0 Å². The molecule has 1 saturated heterocycles. The second kappa shape index (κ2) is 2.80. The lowest BCUT2D eigenvalue weighted by molar-refractivity contribution is -0.159. The van der Waals surface area contributed by atoms with Crippen LogP contribution in [-0.4, -0.2) is 29.1 Å². The molecule has 1 N–H and O–H groups in total. The number of ether oxygens (including phenoxy) is 1. The van der Waals surface area contributed by atoms with Gasteiger partial charge in [-0.1, -0.05) is 13.8 Å². The van der Waals surface area contributed by atoms with Gasteiger partial charge in [-0.2, -0.15) is 0 Å². The Hall–Kier alpha value is -0.900. The van der Waals surface area contributed by atoms with Crippen molar-refractivity contribution in [2.75, 3.05) is 6.61 Å². The van der Waals surface area contributed by atoms with Crippen LogP contribution in [0.1, 0.15) is 27.2 Å². The first-order chi connectivity index (χ1) is 5.79. The predicted octanol–water partition coefficient (Wildman–Crippen LogP) is 0.280. The first-order valence-electron chi connectivity index (χ1n) is 4.19. The third-order valence-corrected chi connectivity index (χ3v) is 2.53. The molecule has 0 radical (unpaired) electrons. The molecule has 4 heteroatoms. The second-order valence-corrected chi connectivity index (χ2v) is 4.20. The molecule has 4 nitrogen and oxygen atoms in total. The molecule has 1 atom stereocenters. The molecule has 13 heavy (non-hydrogen) atoms. The topological polar surface area (TPSA) is 63.6 Å². The fourth-order valence-electron chi connectivity index (χ4n) is 1.43. The highest BCUT2D eigenvalue weighted by Crippen LogP contribution is 2.40. The van der Waals surface area contributed by atoms with E-state index in [1.165, 1.54) is 6.92 Å². The van der Waals surface area contributed by atoms with Crippen LogP contribution in [0, 0.1) is 5.41 Å². The number of hydrogen-bond donors (Lipinski definition) is 1. The maximum Gasteiger partial charge on any atom is 0.339 e. The maximum atomic E-state index is 11.2. The van der Waals surface area contributed by atoms with Gasteiger partial charge < -0.3 is 9.84 Å². The average Bonchev–Trinajstić information content (AvgIpc) is 2.13. The molecular weight excluding hydrogens is 172 g/mol. The second-order valence-electron chi connectivity index (χ2n) is 4.20. The molecule has 74 valence electrons. The van der Waals surface area contributed by atoms with Crippen molar-refractivity contribution >= 4 is 11.8 Å². The van der Waals surface area contributed by atoms with Gasteiger partial charge in [0.15, 0.2) is 5.60 Å². The van der Waals surface area contributed by atoms with Crippen molar-refractivity contribution in [2.24, 2.45) is 5.41 Å². The van der Waals surface area contributed by atoms with E-state index in [0.717, 1.165) is 0 Å². The van der Waals surface area contributed by atoms with Gasteiger partial charge in [-0.05, 0) is 6.92 Å². The minimum atomic E-state index is -1.64. The van der Waals surface area contributed by atoms with Crippen LogP contribution >= 0.6 is 0 Å². The molecule has 1 aliphatic heterocycles. The number of cyclic esters (lactones) is 1. The smallest absolute Gasteiger partial charge is 0.339 e. The summed E-state index contributed by atoms with van der Waals surface area (Å²) in [5.41, 5.74) is -2.32. The molecule has 0 aromatic carbocycles. The van der Waals surface area contributed by atoms with Crippen LogP contribution in [0.25, 0.3) is 0 Å². The Bertz CT molecular complexity index is 256. The highest BCUT2D eigenvalue weighted by atomic mass is 16.6. The summed E-state index contributed by atoms with van der Waals surface area (Å²) in [6.07, 6.45) is -0.168. The lowest BCUT2D eigenvalue weighted by atomic mass is 9.75. The number of Topliss-reactive ketones (excluding diaryl/α,β-unsaturated/α-hetero) is 1. The zero-order valence-electron chi connectivity index (χ0n) is 8.09. The normalized spacial score (nSPS) is 31.5. The zero-order valence-corrected chi connectivity index (χ0v) is 8.09. The third-order valence-electron chi connectivity index (χ3n) is 2.53. The molecule has 0 bridgehead atoms. The van der Waals surface area contributed by atoms with Crippen LogP contribution in [0.15, 0.2) is 0 Å². The van der Waals surface area contributed by atoms with Gasteiger partial charge in [0.2, 0.25) is 0 Å². The van der Waals surface area contributed by atoms with E-state index in [1.807, 2.05) is 0 Å². The van der Waals surface area contributed by atoms with Crippen LogP contribution < -0.4 is 0 Å². The van der Waals surface area contributed by atoms with Gasteiger partial charge in [0.05, 0.1) is 6.61 Å². The van der Waals surface area contributed by atoms with Gasteiger partial charge in [-0.3, -0.25) is 4.79 Å². The summed E-state index contributed by atoms with van der Waals surface area (Å²) in [5, 5.41) is 9.96. The van der Waals surface area contributed by atoms with E-state index in [0.29, 0.717) is 0 Å². The minimum Gasteiger partial charge on any atom is -0.463 e. The Balaban J connectivity index is 2.96. The molecule has 1 fully saturated rings. The average molecular weight is 186 g/mol. The number of rotatable bonds is 2. The summed E-state index contributed by atoms with van der Waals surface area (Å²) in [5.74, 6) is -0.901. The van der Waals surface area contributed by atoms with E-state index >= 15 is 0 Å². The number of carbonyl (C=O) groups excluding carboxylic acids is 2. The third kappa shape index (κ3) is 1.46. The van der Waals surface area contributed by atoms with Gasteiger partial charge in [0.25, 0.3) is 0 Å². The minimum absolute atomic E-state index is 0.162. The van der Waals surface area contributed by atoms with Crippen molar-refractivity contribution in [1.82, 2.24) is 0 Å². The Kier molecular flexibility index (Phi) is 2.20. The fourth-order valence-corrected chi connectivity index (χ4v) is 1.43. The number of hydrogen-bond acceptors (Lipinski definition) is 4. The Morgan fingerprint density at radius 1 is 1.62 bits per heavy atom. The van der Waals surface area contributed by atoms with E-state index in [9.17, 15) is 14.7 Å². The first kappa shape index (κ1) is 10.2. The molecule has 0 amide bonds. The fraction of sp³-hybridized carbons (Fsp3) is 0.778. The summed E-state index contributed by atoms with van der Waals surface area (Å²) < 4.78 is 4.74. The van der Waals surface area contributed by atoms with Crippen molar-refractivity contribution < 1.29 is 19.4 Å². The Morgan fingerprint density at radius 2 is 2.15 bits per heavy atom. The lowest BCUT2D eigenvalue weighted by Gasteiger charge is -2.30. The SMILES string of the molecule is CC(=O)CC1(O)C(=O)OCC1(C)C. The summed E-state index contributed by atoms with van der Waals surface area (Å²) in [7, 11) is 0. The van der Waals surface area contributed by atoms with Crippen molar-refractivity contribution in [2.45, 2.75) is 32.8 Å². The summed E-state index contributed by atoms with van der Waals surface area (Å²) in [4.78, 5) is 22.1. The lowest BCUT2D eigenvalue weighted by Crippen LogP contribution is -2.47. The standard InChI is InChI=1S/C9H14O4/c1-6(10)4-9(12)7(11)13-5-8(9,2)3/h12H,4-5H2,1-3H3. The molecular formula is C9H14O4. The maximum absolute atomic E-state index is 11.2. The summed E-state index contributed by atoms with van der Waals surface area (Å²) in [6.45, 7) is 4.93. The van der Waals surface area contributed by atoms with Crippen LogP contribution in [0.4, 0.5) is 0 Å². The quantitative estimate of drug-likeness (QED) is 0.629. The first-order valence-corrected chi connectivity index (χ1v) is 4.19. The van der Waals surface area contributed by atoms with Gasteiger partial charge >= 0.3 is 5.97 Å². The number of ketones is 1. The van der Waals surface area contributed by atoms with Crippen molar-refractivity contribution in [3.05, 3.63) is 0 Å². The monoisotopic (exact) mass is 186 g/mol. The van der Waals surface area contributed by atoms with Crippen LogP contribution in [0.3, 0.4) is 0 Å². The molecule has 1 heterocycles. The molecule has 1 unspecified atom stereocenters. The van der Waals surface area contributed by atoms with E-state index in [-0.39, 0.29) is 18.8 Å². The Morgan fingerprint density at radius 3 is 2.46 bits per heavy atom. The summed E-state index contributed by atoms with van der Waals surface area (Å²) >= 11 is 0. The van der Waals surface area contributed by atoms with Gasteiger partial charge in [0, 0.05) is 11.8 Å². The van der Waals surface area contributed by atoms with Crippen molar-refractivity contribution in [3.8, 4) is 0 Å². The Labute approximate surface area is 76.9 Å². The van der Waals surface area contributed by atoms with E-state index in [2.05, 4.69) is 0 Å². The van der Waals surface area contributed by atoms with E-state index < -0.39 is 17.0 Å². The predicted molar refractivity (Wildman–Crippen MR) is 45.0 cm³/mol. The van der Waals surface area contributed by atoms with Gasteiger partial charge in [-0.25, -0.2) is 4.79 Å². The highest BCUT2D eigenvalue weighted by Gasteiger charge is 2.57. The molecule has 0 spiro atoms. The number of aliphatic hydroxyl groups is 1. The molecule has 1 rings (SSSR count). The largest absolute Gasteiger partial charge is 0.463 e. The van der Waals surface area contributed by atoms with Crippen LogP contribution in [-0.2, 0) is 14.3 Å². The summed E-state index contributed by atoms with van der Waals surface area (Å²) in [6, 6.07) is 0. The molecule has 1 aliphatic rings. The molecule has 0 saturated carbocycles. The highest BCUT2D eigenvalue weighted by molar-refractivity contribution is 5.89. The van der Waals surface area contributed by atoms with Gasteiger partial charge in [-0.15, -0.1) is 0 Å². The zero-order chi connectivity index (χ0) is 10.3. The number of esters is 1. The van der Waals surface area contributed by atoms with Crippen molar-refractivity contribution in [3.63, 3.8) is 0 Å². The van der Waals surface area contributed by atoms with Gasteiger partial charge in [0.1, 0.15) is 5.78 Å².